The van der Waals surface area contributed by atoms with Crippen LogP contribution < -0.4 is 0 Å². The lowest BCUT2D eigenvalue weighted by Gasteiger charge is -2.04. The van der Waals surface area contributed by atoms with Crippen LogP contribution in [0.3, 0.4) is 0 Å². The van der Waals surface area contributed by atoms with E-state index in [1.807, 2.05) is 91.0 Å². The van der Waals surface area contributed by atoms with E-state index >= 15 is 0 Å². The van der Waals surface area contributed by atoms with Crippen LogP contribution in [0.25, 0.3) is 50.5 Å². The monoisotopic (exact) mass is 415 g/mol. The number of nitrogens with zero attached hydrogens (tertiary/aromatic N) is 3. The van der Waals surface area contributed by atoms with Crippen molar-refractivity contribution in [1.82, 2.24) is 9.38 Å². The molecule has 6 rings (SSSR count). The van der Waals surface area contributed by atoms with E-state index in [9.17, 15) is 4.91 Å². The molecule has 0 unspecified atom stereocenters. The number of rotatable bonds is 4. The first-order valence-corrected chi connectivity index (χ1v) is 10.3. The van der Waals surface area contributed by atoms with Crippen LogP contribution in [0.2, 0.25) is 0 Å². The van der Waals surface area contributed by atoms with Gasteiger partial charge in [0, 0.05) is 5.56 Å². The average molecular weight is 415 g/mol. The molecule has 0 radical (unpaired) electrons. The Balaban J connectivity index is 1.49. The fourth-order valence-electron chi connectivity index (χ4n) is 4.09. The molecule has 6 aromatic rings. The highest BCUT2D eigenvalue weighted by atomic mass is 16.4. The van der Waals surface area contributed by atoms with E-state index in [1.165, 1.54) is 0 Å². The second kappa shape index (κ2) is 7.32. The highest BCUT2D eigenvalue weighted by Gasteiger charge is 2.21. The summed E-state index contributed by atoms with van der Waals surface area (Å²) in [5.74, 6) is 0.582. The Morgan fingerprint density at radius 2 is 1.22 bits per heavy atom. The van der Waals surface area contributed by atoms with Crippen molar-refractivity contribution in [2.45, 2.75) is 0 Å². The molecule has 0 aliphatic rings. The van der Waals surface area contributed by atoms with E-state index < -0.39 is 0 Å². The van der Waals surface area contributed by atoms with Crippen molar-refractivity contribution < 1.29 is 4.42 Å². The van der Waals surface area contributed by atoms with Crippen molar-refractivity contribution in [2.24, 2.45) is 5.18 Å². The maximum atomic E-state index is 11.9. The third-order valence-electron chi connectivity index (χ3n) is 5.68. The lowest BCUT2D eigenvalue weighted by atomic mass is 10.0. The summed E-state index contributed by atoms with van der Waals surface area (Å²) in [7, 11) is 0. The predicted octanol–water partition coefficient (Wildman–Crippen LogP) is 7.48. The van der Waals surface area contributed by atoms with Crippen molar-refractivity contribution >= 4 is 22.8 Å². The number of hydrogen-bond donors (Lipinski definition) is 0. The normalized spacial score (nSPS) is 11.2. The third-order valence-corrected chi connectivity index (χ3v) is 5.68. The summed E-state index contributed by atoms with van der Waals surface area (Å²) in [6.07, 6.45) is 0. The van der Waals surface area contributed by atoms with Gasteiger partial charge in [-0.15, -0.1) is 4.91 Å². The zero-order valence-corrected chi connectivity index (χ0v) is 17.0. The van der Waals surface area contributed by atoms with Gasteiger partial charge in [-0.2, -0.15) is 4.98 Å². The van der Waals surface area contributed by atoms with Crippen LogP contribution in [-0.4, -0.2) is 9.38 Å². The Morgan fingerprint density at radius 3 is 1.88 bits per heavy atom. The summed E-state index contributed by atoms with van der Waals surface area (Å²) in [6.45, 7) is 0. The fraction of sp³-hybridized carbons (Fsp3) is 0. The number of nitroso groups, excluding NO2 is 1. The second-order valence-electron chi connectivity index (χ2n) is 7.59. The minimum Gasteiger partial charge on any atom is -0.423 e. The Hall–Kier alpha value is -4.51. The SMILES string of the molecule is O=Nc1c(-c2ccc(-c3ccccc3)cc2)nc2oc3ccc(-c4ccccc4)cc3n12. The molecule has 0 amide bonds. The Bertz CT molecular complexity index is 1560. The van der Waals surface area contributed by atoms with Crippen LogP contribution in [0.1, 0.15) is 0 Å². The number of imidazole rings is 1. The van der Waals surface area contributed by atoms with Gasteiger partial charge in [0.1, 0.15) is 5.69 Å². The van der Waals surface area contributed by atoms with Gasteiger partial charge in [-0.25, -0.2) is 4.40 Å². The molecule has 2 heterocycles. The lowest BCUT2D eigenvalue weighted by molar-refractivity contribution is 0.642. The lowest BCUT2D eigenvalue weighted by Crippen LogP contribution is -1.84. The van der Waals surface area contributed by atoms with Crippen LogP contribution in [0.15, 0.2) is 113 Å². The number of oxazole rings is 1. The van der Waals surface area contributed by atoms with Crippen LogP contribution in [-0.2, 0) is 0 Å². The summed E-state index contributed by atoms with van der Waals surface area (Å²) in [5, 5.41) is 3.33. The van der Waals surface area contributed by atoms with Gasteiger partial charge in [0.25, 0.3) is 0 Å². The van der Waals surface area contributed by atoms with Crippen molar-refractivity contribution in [2.75, 3.05) is 0 Å². The molecular weight excluding hydrogens is 398 g/mol. The molecule has 0 atom stereocenters. The molecule has 152 valence electrons. The van der Waals surface area contributed by atoms with E-state index in [0.717, 1.165) is 33.3 Å². The minimum atomic E-state index is 0.233. The van der Waals surface area contributed by atoms with E-state index in [2.05, 4.69) is 22.3 Å². The van der Waals surface area contributed by atoms with Gasteiger partial charge < -0.3 is 4.42 Å². The van der Waals surface area contributed by atoms with Crippen LogP contribution in [0, 0.1) is 4.91 Å². The first kappa shape index (κ1) is 18.3. The van der Waals surface area contributed by atoms with Gasteiger partial charge in [-0.1, -0.05) is 91.0 Å². The average Bonchev–Trinajstić information content (AvgIpc) is 3.41. The smallest absolute Gasteiger partial charge is 0.309 e. The Kier molecular flexibility index (Phi) is 4.18. The molecule has 0 bridgehead atoms. The van der Waals surface area contributed by atoms with Gasteiger partial charge >= 0.3 is 5.84 Å². The third kappa shape index (κ3) is 2.91. The molecule has 0 fully saturated rings. The van der Waals surface area contributed by atoms with Crippen molar-refractivity contribution in [3.63, 3.8) is 0 Å². The molecule has 32 heavy (non-hydrogen) atoms. The quantitative estimate of drug-likeness (QED) is 0.280. The van der Waals surface area contributed by atoms with Crippen LogP contribution in [0.5, 0.6) is 0 Å². The minimum absolute atomic E-state index is 0.233. The Morgan fingerprint density at radius 1 is 0.656 bits per heavy atom. The molecule has 4 aromatic carbocycles. The van der Waals surface area contributed by atoms with E-state index in [4.69, 9.17) is 4.42 Å². The van der Waals surface area contributed by atoms with Crippen LogP contribution >= 0.6 is 0 Å². The first-order valence-electron chi connectivity index (χ1n) is 10.3. The molecule has 0 aliphatic carbocycles. The zero-order valence-electron chi connectivity index (χ0n) is 17.0. The highest BCUT2D eigenvalue weighted by molar-refractivity contribution is 5.87. The Labute approximate surface area is 183 Å². The number of hydrogen-bond acceptors (Lipinski definition) is 4. The molecule has 0 aliphatic heterocycles. The molecule has 2 aromatic heterocycles. The molecule has 5 nitrogen and oxygen atoms in total. The van der Waals surface area contributed by atoms with Gasteiger partial charge in [0.05, 0.1) is 5.52 Å². The van der Waals surface area contributed by atoms with Crippen LogP contribution in [0.4, 0.5) is 5.82 Å². The van der Waals surface area contributed by atoms with Crippen molar-refractivity contribution in [3.05, 3.63) is 108 Å². The molecule has 0 N–H and O–H groups in total. The summed E-state index contributed by atoms with van der Waals surface area (Å²) in [4.78, 5) is 16.5. The number of benzene rings is 4. The summed E-state index contributed by atoms with van der Waals surface area (Å²) in [5.41, 5.74) is 7.07. The molecule has 0 saturated heterocycles. The van der Waals surface area contributed by atoms with E-state index in [0.29, 0.717) is 17.1 Å². The molecular formula is C27H17N3O2. The highest BCUT2D eigenvalue weighted by Crippen LogP contribution is 2.37. The molecule has 0 saturated carbocycles. The predicted molar refractivity (Wildman–Crippen MR) is 127 cm³/mol. The van der Waals surface area contributed by atoms with E-state index in [-0.39, 0.29) is 5.82 Å². The van der Waals surface area contributed by atoms with Crippen molar-refractivity contribution in [1.29, 1.82) is 0 Å². The van der Waals surface area contributed by atoms with Gasteiger partial charge in [0.15, 0.2) is 5.58 Å². The van der Waals surface area contributed by atoms with Gasteiger partial charge in [0.2, 0.25) is 5.82 Å². The standard InChI is InChI=1S/C27H17N3O2/c31-29-26-25(21-13-11-20(12-14-21)18-7-3-1-4-8-18)28-27-30(26)23-17-22(15-16-24(23)32-27)19-9-5-2-6-10-19/h1-17H. The number of aromatic nitrogens is 2. The maximum absolute atomic E-state index is 11.9. The number of fused-ring (bicyclic) bond motifs is 3. The first-order chi connectivity index (χ1) is 15.8. The summed E-state index contributed by atoms with van der Waals surface area (Å²) in [6, 6.07) is 34.1. The molecule has 0 spiro atoms. The topological polar surface area (TPSA) is 59.9 Å². The molecule has 5 heteroatoms. The van der Waals surface area contributed by atoms with Gasteiger partial charge in [-0.05, 0) is 39.6 Å². The zero-order chi connectivity index (χ0) is 21.5. The summed E-state index contributed by atoms with van der Waals surface area (Å²) >= 11 is 0. The fourth-order valence-corrected chi connectivity index (χ4v) is 4.09. The second-order valence-corrected chi connectivity index (χ2v) is 7.59. The maximum Gasteiger partial charge on any atom is 0.309 e. The van der Waals surface area contributed by atoms with Gasteiger partial charge in [-0.3, -0.25) is 0 Å². The largest absolute Gasteiger partial charge is 0.423 e. The van der Waals surface area contributed by atoms with E-state index in [1.54, 1.807) is 4.40 Å². The summed E-state index contributed by atoms with van der Waals surface area (Å²) < 4.78 is 7.62. The van der Waals surface area contributed by atoms with Crippen molar-refractivity contribution in [3.8, 4) is 33.5 Å².